The maximum absolute atomic E-state index is 9.98. The fraction of sp³-hybridized carbons (Fsp3) is 0.750. The number of carbonyl (C=O) groups is 1. The molecule has 0 rings (SSSR count). The summed E-state index contributed by atoms with van der Waals surface area (Å²) >= 11 is 0. The molecule has 1 unspecified atom stereocenters. The summed E-state index contributed by atoms with van der Waals surface area (Å²) in [5.74, 6) is -1.04. The van der Waals surface area contributed by atoms with E-state index in [-0.39, 0.29) is 6.54 Å². The summed E-state index contributed by atoms with van der Waals surface area (Å²) < 4.78 is 0. The summed E-state index contributed by atoms with van der Waals surface area (Å²) in [5, 5.41) is 8.19. The van der Waals surface area contributed by atoms with Gasteiger partial charge in [-0.25, -0.2) is 5.48 Å². The van der Waals surface area contributed by atoms with E-state index in [1.807, 2.05) is 0 Å². The van der Waals surface area contributed by atoms with Gasteiger partial charge in [0.2, 0.25) is 0 Å². The quantitative estimate of drug-likeness (QED) is 0.409. The van der Waals surface area contributed by atoms with Crippen molar-refractivity contribution in [3.63, 3.8) is 0 Å². The molecule has 5 heteroatoms. The molecule has 0 saturated carbocycles. The van der Waals surface area contributed by atoms with Gasteiger partial charge >= 0.3 is 5.97 Å². The van der Waals surface area contributed by atoms with Gasteiger partial charge in [0.25, 0.3) is 0 Å². The van der Waals surface area contributed by atoms with Crippen molar-refractivity contribution in [1.82, 2.24) is 5.48 Å². The molecule has 1 atom stereocenters. The van der Waals surface area contributed by atoms with Crippen molar-refractivity contribution in [2.45, 2.75) is 6.04 Å². The minimum atomic E-state index is -1.04. The van der Waals surface area contributed by atoms with E-state index in [2.05, 4.69) is 10.3 Å². The van der Waals surface area contributed by atoms with Crippen molar-refractivity contribution in [3.05, 3.63) is 0 Å². The third-order valence-corrected chi connectivity index (χ3v) is 0.765. The lowest BCUT2D eigenvalue weighted by Gasteiger charge is -2.04. The van der Waals surface area contributed by atoms with Crippen LogP contribution in [0.4, 0.5) is 0 Å². The Labute approximate surface area is 52.7 Å². The summed E-state index contributed by atoms with van der Waals surface area (Å²) in [6, 6.07) is -0.898. The van der Waals surface area contributed by atoms with Crippen LogP contribution in [0.1, 0.15) is 0 Å². The van der Waals surface area contributed by atoms with E-state index < -0.39 is 12.0 Å². The Hall–Kier alpha value is -0.650. The highest BCUT2D eigenvalue weighted by molar-refractivity contribution is 5.73. The first kappa shape index (κ1) is 8.35. The number of carboxylic acids is 1. The van der Waals surface area contributed by atoms with Crippen LogP contribution >= 0.6 is 0 Å². The summed E-state index contributed by atoms with van der Waals surface area (Å²) in [4.78, 5) is 14.4. The maximum atomic E-state index is 9.98. The Kier molecular flexibility index (Phi) is 3.94. The third-order valence-electron chi connectivity index (χ3n) is 0.765. The molecule has 0 radical (unpaired) electrons. The zero-order valence-corrected chi connectivity index (χ0v) is 5.13. The summed E-state index contributed by atoms with van der Waals surface area (Å²) in [6.45, 7) is 0.117. The molecule has 0 aromatic carbocycles. The number of nitrogens with one attached hydrogen (secondary N) is 1. The molecule has 0 aromatic heterocycles. The van der Waals surface area contributed by atoms with Crippen molar-refractivity contribution in [2.24, 2.45) is 5.73 Å². The molecule has 0 bridgehead atoms. The predicted octanol–water partition coefficient (Wildman–Crippen LogP) is -1.45. The van der Waals surface area contributed by atoms with Crippen molar-refractivity contribution in [2.75, 3.05) is 13.7 Å². The van der Waals surface area contributed by atoms with Crippen LogP contribution in [0.15, 0.2) is 0 Å². The number of hydroxylamine groups is 1. The Morgan fingerprint density at radius 2 is 2.56 bits per heavy atom. The van der Waals surface area contributed by atoms with Crippen molar-refractivity contribution >= 4 is 5.97 Å². The van der Waals surface area contributed by atoms with Gasteiger partial charge in [0.05, 0.1) is 7.11 Å². The molecule has 0 aliphatic rings. The minimum Gasteiger partial charge on any atom is -0.480 e. The smallest absolute Gasteiger partial charge is 0.321 e. The molecular formula is C4H10N2O3. The number of hydrogen-bond donors (Lipinski definition) is 3. The number of rotatable bonds is 4. The van der Waals surface area contributed by atoms with Crippen LogP contribution in [-0.2, 0) is 9.63 Å². The van der Waals surface area contributed by atoms with Crippen LogP contribution in [0.25, 0.3) is 0 Å². The van der Waals surface area contributed by atoms with Crippen LogP contribution in [-0.4, -0.2) is 30.8 Å². The predicted molar refractivity (Wildman–Crippen MR) is 30.6 cm³/mol. The second-order valence-electron chi connectivity index (χ2n) is 1.50. The summed E-state index contributed by atoms with van der Waals surface area (Å²) in [7, 11) is 1.40. The molecule has 0 amide bonds. The number of hydrogen-bond acceptors (Lipinski definition) is 4. The van der Waals surface area contributed by atoms with Crippen LogP contribution in [0.5, 0.6) is 0 Å². The highest BCUT2D eigenvalue weighted by atomic mass is 16.6. The van der Waals surface area contributed by atoms with E-state index in [0.29, 0.717) is 0 Å². The van der Waals surface area contributed by atoms with Gasteiger partial charge < -0.3 is 15.7 Å². The lowest BCUT2D eigenvalue weighted by Crippen LogP contribution is -2.39. The Balaban J connectivity index is 3.27. The first-order valence-corrected chi connectivity index (χ1v) is 2.42. The van der Waals surface area contributed by atoms with E-state index in [1.165, 1.54) is 7.11 Å². The number of aliphatic carboxylic acids is 1. The second-order valence-corrected chi connectivity index (χ2v) is 1.50. The topological polar surface area (TPSA) is 84.6 Å². The average Bonchev–Trinajstić information content (AvgIpc) is 1.82. The van der Waals surface area contributed by atoms with Gasteiger partial charge in [-0.2, -0.15) is 0 Å². The molecule has 0 fully saturated rings. The fourth-order valence-electron chi connectivity index (χ4n) is 0.260. The molecule has 0 spiro atoms. The zero-order chi connectivity index (χ0) is 7.28. The SMILES string of the molecule is CONCC(N)C(=O)O. The van der Waals surface area contributed by atoms with Gasteiger partial charge in [0.15, 0.2) is 0 Å². The average molecular weight is 134 g/mol. The first-order chi connectivity index (χ1) is 4.18. The highest BCUT2D eigenvalue weighted by Crippen LogP contribution is 1.73. The molecule has 9 heavy (non-hydrogen) atoms. The van der Waals surface area contributed by atoms with Gasteiger partial charge in [0, 0.05) is 6.54 Å². The molecule has 0 heterocycles. The van der Waals surface area contributed by atoms with Gasteiger partial charge in [-0.05, 0) is 0 Å². The van der Waals surface area contributed by atoms with Gasteiger partial charge in [-0.15, -0.1) is 0 Å². The number of nitrogens with two attached hydrogens (primary N) is 1. The van der Waals surface area contributed by atoms with E-state index in [4.69, 9.17) is 10.8 Å². The second kappa shape index (κ2) is 4.25. The monoisotopic (exact) mass is 134 g/mol. The van der Waals surface area contributed by atoms with Gasteiger partial charge in [-0.3, -0.25) is 4.79 Å². The van der Waals surface area contributed by atoms with Gasteiger partial charge in [0.1, 0.15) is 6.04 Å². The van der Waals surface area contributed by atoms with E-state index in [0.717, 1.165) is 0 Å². The third kappa shape index (κ3) is 3.89. The largest absolute Gasteiger partial charge is 0.480 e. The standard InChI is InChI=1S/C4H10N2O3/c1-9-6-2-3(5)4(7)8/h3,6H,2,5H2,1H3,(H,7,8). The Morgan fingerprint density at radius 1 is 2.00 bits per heavy atom. The maximum Gasteiger partial charge on any atom is 0.321 e. The summed E-state index contributed by atoms with van der Waals surface area (Å²) in [5.41, 5.74) is 7.38. The van der Waals surface area contributed by atoms with Crippen LogP contribution in [0.2, 0.25) is 0 Å². The lowest BCUT2D eigenvalue weighted by atomic mass is 10.3. The van der Waals surface area contributed by atoms with Gasteiger partial charge in [-0.1, -0.05) is 0 Å². The van der Waals surface area contributed by atoms with E-state index >= 15 is 0 Å². The highest BCUT2D eigenvalue weighted by Gasteiger charge is 2.09. The molecule has 0 saturated heterocycles. The van der Waals surface area contributed by atoms with Crippen LogP contribution < -0.4 is 11.2 Å². The van der Waals surface area contributed by atoms with E-state index in [9.17, 15) is 4.79 Å². The number of carboxylic acid groups (broad SMARTS) is 1. The first-order valence-electron chi connectivity index (χ1n) is 2.42. The van der Waals surface area contributed by atoms with Crippen LogP contribution in [0.3, 0.4) is 0 Å². The molecule has 0 aliphatic heterocycles. The van der Waals surface area contributed by atoms with Crippen molar-refractivity contribution in [3.8, 4) is 0 Å². The molecular weight excluding hydrogens is 124 g/mol. The summed E-state index contributed by atoms with van der Waals surface area (Å²) in [6.07, 6.45) is 0. The fourth-order valence-corrected chi connectivity index (χ4v) is 0.260. The molecule has 5 nitrogen and oxygen atoms in total. The van der Waals surface area contributed by atoms with E-state index in [1.54, 1.807) is 0 Å². The Bertz CT molecular complexity index is 95.8. The minimum absolute atomic E-state index is 0.117. The van der Waals surface area contributed by atoms with Crippen LogP contribution in [0, 0.1) is 0 Å². The normalized spacial score (nSPS) is 13.1. The molecule has 0 aliphatic carbocycles. The van der Waals surface area contributed by atoms with Crippen molar-refractivity contribution < 1.29 is 14.7 Å². The lowest BCUT2D eigenvalue weighted by molar-refractivity contribution is -0.139. The zero-order valence-electron chi connectivity index (χ0n) is 5.13. The van der Waals surface area contributed by atoms with Crippen molar-refractivity contribution in [1.29, 1.82) is 0 Å². The molecule has 54 valence electrons. The molecule has 4 N–H and O–H groups in total. The molecule has 0 aromatic rings. The Morgan fingerprint density at radius 3 is 2.89 bits per heavy atom.